The quantitative estimate of drug-likeness (QED) is 0.705. The average Bonchev–Trinajstić information content (AvgIpc) is 2.41. The van der Waals surface area contributed by atoms with Crippen LogP contribution in [0.5, 0.6) is 11.5 Å². The van der Waals surface area contributed by atoms with Crippen LogP contribution in [0.3, 0.4) is 0 Å². The van der Waals surface area contributed by atoms with Crippen molar-refractivity contribution in [2.75, 3.05) is 5.73 Å². The lowest BCUT2D eigenvalue weighted by Gasteiger charge is -2.12. The molecule has 3 aromatic rings. The maximum absolute atomic E-state index is 6.01. The van der Waals surface area contributed by atoms with E-state index in [1.54, 1.807) is 0 Å². The zero-order valence-electron chi connectivity index (χ0n) is 11.6. The molecule has 3 nitrogen and oxygen atoms in total. The molecule has 2 aromatic carbocycles. The van der Waals surface area contributed by atoms with Crippen LogP contribution in [0, 0.1) is 13.8 Å². The molecule has 0 aliphatic heterocycles. The summed E-state index contributed by atoms with van der Waals surface area (Å²) in [5.74, 6) is 1.45. The molecule has 0 spiro atoms. The summed E-state index contributed by atoms with van der Waals surface area (Å²) in [6, 6.07) is 15.7. The smallest absolute Gasteiger partial charge is 0.150 e. The summed E-state index contributed by atoms with van der Waals surface area (Å²) < 4.78 is 5.99. The van der Waals surface area contributed by atoms with Crippen molar-refractivity contribution < 1.29 is 4.74 Å². The van der Waals surface area contributed by atoms with Crippen molar-refractivity contribution in [3.8, 4) is 11.5 Å². The van der Waals surface area contributed by atoms with Gasteiger partial charge in [-0.2, -0.15) is 0 Å². The Morgan fingerprint density at radius 3 is 2.55 bits per heavy atom. The first-order chi connectivity index (χ1) is 9.63. The van der Waals surface area contributed by atoms with Crippen molar-refractivity contribution in [1.29, 1.82) is 0 Å². The predicted molar refractivity (Wildman–Crippen MR) is 82.1 cm³/mol. The van der Waals surface area contributed by atoms with Crippen LogP contribution < -0.4 is 10.5 Å². The maximum atomic E-state index is 6.01. The van der Waals surface area contributed by atoms with Crippen LogP contribution in [0.15, 0.2) is 48.5 Å². The zero-order chi connectivity index (χ0) is 14.1. The third-order valence-electron chi connectivity index (χ3n) is 3.19. The molecule has 0 aliphatic carbocycles. The fraction of sp³-hybridized carbons (Fsp3) is 0.118. The molecule has 0 aliphatic rings. The van der Waals surface area contributed by atoms with Crippen LogP contribution >= 0.6 is 0 Å². The number of fused-ring (bicyclic) bond motifs is 1. The Balaban J connectivity index is 2.10. The van der Waals surface area contributed by atoms with Crippen LogP contribution in [0.4, 0.5) is 5.69 Å². The molecule has 1 aromatic heterocycles. The molecule has 0 unspecified atom stereocenters. The van der Waals surface area contributed by atoms with Crippen LogP contribution in [0.25, 0.3) is 10.9 Å². The molecule has 0 bridgehead atoms. The highest BCUT2D eigenvalue weighted by molar-refractivity contribution is 5.85. The molecule has 1 heterocycles. The minimum Gasteiger partial charge on any atom is -0.454 e. The van der Waals surface area contributed by atoms with Crippen LogP contribution in [-0.2, 0) is 0 Å². The number of aromatic nitrogens is 1. The Kier molecular flexibility index (Phi) is 3.03. The van der Waals surface area contributed by atoms with Crippen molar-refractivity contribution in [1.82, 2.24) is 4.98 Å². The summed E-state index contributed by atoms with van der Waals surface area (Å²) >= 11 is 0. The Hall–Kier alpha value is -2.55. The van der Waals surface area contributed by atoms with E-state index < -0.39 is 0 Å². The van der Waals surface area contributed by atoms with E-state index in [-0.39, 0.29) is 0 Å². The standard InChI is InChI=1S/C17H16N2O/c1-11-7-8-16(14(18)9-11)20-17-10-12(2)19-15-6-4-3-5-13(15)17/h3-10H,18H2,1-2H3. The number of rotatable bonds is 2. The van der Waals surface area contributed by atoms with Gasteiger partial charge in [0.15, 0.2) is 0 Å². The van der Waals surface area contributed by atoms with Crippen molar-refractivity contribution in [3.63, 3.8) is 0 Å². The molecule has 0 fully saturated rings. The SMILES string of the molecule is Cc1ccc(Oc2cc(C)nc3ccccc23)c(N)c1. The normalized spacial score (nSPS) is 10.7. The minimum absolute atomic E-state index is 0.642. The number of hydrogen-bond donors (Lipinski definition) is 1. The number of nitrogens with zero attached hydrogens (tertiary/aromatic N) is 1. The number of hydrogen-bond acceptors (Lipinski definition) is 3. The van der Waals surface area contributed by atoms with Crippen molar-refractivity contribution in [2.24, 2.45) is 0 Å². The second-order valence-corrected chi connectivity index (χ2v) is 4.92. The number of anilines is 1. The molecule has 100 valence electrons. The Labute approximate surface area is 118 Å². The van der Waals surface area contributed by atoms with Gasteiger partial charge < -0.3 is 10.5 Å². The largest absolute Gasteiger partial charge is 0.454 e. The van der Waals surface area contributed by atoms with Gasteiger partial charge in [0.05, 0.1) is 11.2 Å². The third kappa shape index (κ3) is 2.30. The summed E-state index contributed by atoms with van der Waals surface area (Å²) in [6.07, 6.45) is 0. The zero-order valence-corrected chi connectivity index (χ0v) is 11.6. The lowest BCUT2D eigenvalue weighted by atomic mass is 10.1. The summed E-state index contributed by atoms with van der Waals surface area (Å²) in [4.78, 5) is 4.50. The number of aryl methyl sites for hydroxylation is 2. The van der Waals surface area contributed by atoms with E-state index in [4.69, 9.17) is 10.5 Å². The van der Waals surface area contributed by atoms with Crippen molar-refractivity contribution >= 4 is 16.6 Å². The molecule has 0 saturated heterocycles. The molecule has 0 saturated carbocycles. The fourth-order valence-corrected chi connectivity index (χ4v) is 2.23. The summed E-state index contributed by atoms with van der Waals surface area (Å²) in [5.41, 5.74) is 9.61. The van der Waals surface area contributed by atoms with Crippen LogP contribution in [0.1, 0.15) is 11.3 Å². The van der Waals surface area contributed by atoms with Gasteiger partial charge >= 0.3 is 0 Å². The molecule has 3 heteroatoms. The van der Waals surface area contributed by atoms with Gasteiger partial charge in [-0.3, -0.25) is 4.98 Å². The van der Waals surface area contributed by atoms with E-state index in [9.17, 15) is 0 Å². The lowest BCUT2D eigenvalue weighted by Crippen LogP contribution is -1.95. The number of para-hydroxylation sites is 1. The lowest BCUT2D eigenvalue weighted by molar-refractivity contribution is 0.489. The van der Waals surface area contributed by atoms with E-state index in [2.05, 4.69) is 4.98 Å². The van der Waals surface area contributed by atoms with Gasteiger partial charge in [-0.1, -0.05) is 18.2 Å². The van der Waals surface area contributed by atoms with Gasteiger partial charge in [0.2, 0.25) is 0 Å². The average molecular weight is 264 g/mol. The highest BCUT2D eigenvalue weighted by Gasteiger charge is 2.08. The third-order valence-corrected chi connectivity index (χ3v) is 3.19. The fourth-order valence-electron chi connectivity index (χ4n) is 2.23. The van der Waals surface area contributed by atoms with Gasteiger partial charge in [-0.15, -0.1) is 0 Å². The molecule has 0 amide bonds. The Morgan fingerprint density at radius 1 is 0.950 bits per heavy atom. The molecule has 0 radical (unpaired) electrons. The molecule has 2 N–H and O–H groups in total. The van der Waals surface area contributed by atoms with Gasteiger partial charge in [0, 0.05) is 17.1 Å². The molecular formula is C17H16N2O. The second kappa shape index (κ2) is 4.85. The number of benzene rings is 2. The first kappa shape index (κ1) is 12.5. The molecule has 0 atom stereocenters. The van der Waals surface area contributed by atoms with E-state index in [1.807, 2.05) is 62.4 Å². The Morgan fingerprint density at radius 2 is 1.75 bits per heavy atom. The summed E-state index contributed by atoms with van der Waals surface area (Å²) in [6.45, 7) is 3.96. The number of nitrogens with two attached hydrogens (primary N) is 1. The second-order valence-electron chi connectivity index (χ2n) is 4.92. The maximum Gasteiger partial charge on any atom is 0.150 e. The molecule has 3 rings (SSSR count). The van der Waals surface area contributed by atoms with Gasteiger partial charge in [-0.25, -0.2) is 0 Å². The number of ether oxygens (including phenoxy) is 1. The van der Waals surface area contributed by atoms with E-state index in [1.165, 1.54) is 0 Å². The van der Waals surface area contributed by atoms with Gasteiger partial charge in [0.25, 0.3) is 0 Å². The first-order valence-corrected chi connectivity index (χ1v) is 6.54. The van der Waals surface area contributed by atoms with E-state index in [0.29, 0.717) is 11.4 Å². The number of nitrogen functional groups attached to an aromatic ring is 1. The van der Waals surface area contributed by atoms with Crippen molar-refractivity contribution in [3.05, 3.63) is 59.8 Å². The van der Waals surface area contributed by atoms with Gasteiger partial charge in [-0.05, 0) is 43.7 Å². The number of pyridine rings is 1. The minimum atomic E-state index is 0.642. The van der Waals surface area contributed by atoms with Gasteiger partial charge in [0.1, 0.15) is 11.5 Å². The molecule has 20 heavy (non-hydrogen) atoms. The van der Waals surface area contributed by atoms with Crippen LogP contribution in [0.2, 0.25) is 0 Å². The van der Waals surface area contributed by atoms with E-state index in [0.717, 1.165) is 27.9 Å². The first-order valence-electron chi connectivity index (χ1n) is 6.54. The highest BCUT2D eigenvalue weighted by Crippen LogP contribution is 2.33. The van der Waals surface area contributed by atoms with E-state index >= 15 is 0 Å². The molecular weight excluding hydrogens is 248 g/mol. The summed E-state index contributed by atoms with van der Waals surface area (Å²) in [7, 11) is 0. The topological polar surface area (TPSA) is 48.1 Å². The van der Waals surface area contributed by atoms with Crippen molar-refractivity contribution in [2.45, 2.75) is 13.8 Å². The predicted octanol–water partition coefficient (Wildman–Crippen LogP) is 4.23. The highest BCUT2D eigenvalue weighted by atomic mass is 16.5. The monoisotopic (exact) mass is 264 g/mol. The van der Waals surface area contributed by atoms with Crippen LogP contribution in [-0.4, -0.2) is 4.98 Å². The Bertz CT molecular complexity index is 781. The summed E-state index contributed by atoms with van der Waals surface area (Å²) in [5, 5.41) is 0.984.